The van der Waals surface area contributed by atoms with Crippen molar-refractivity contribution in [3.63, 3.8) is 0 Å². The van der Waals surface area contributed by atoms with Gasteiger partial charge in [0, 0.05) is 11.5 Å². The first-order valence-electron chi connectivity index (χ1n) is 8.31. The lowest BCUT2D eigenvalue weighted by molar-refractivity contribution is 0.466. The number of para-hydroxylation sites is 1. The molecule has 0 bridgehead atoms. The highest BCUT2D eigenvalue weighted by molar-refractivity contribution is 5.98. The molecule has 0 N–H and O–H groups in total. The zero-order valence-corrected chi connectivity index (χ0v) is 13.5. The first-order valence-corrected chi connectivity index (χ1v) is 8.31. The maximum absolute atomic E-state index is 6.00. The van der Waals surface area contributed by atoms with Gasteiger partial charge in [-0.1, -0.05) is 48.5 Å². The van der Waals surface area contributed by atoms with Gasteiger partial charge in [0.2, 0.25) is 5.88 Å². The van der Waals surface area contributed by atoms with Crippen molar-refractivity contribution >= 4 is 32.4 Å². The van der Waals surface area contributed by atoms with E-state index in [1.165, 1.54) is 16.2 Å². The van der Waals surface area contributed by atoms with E-state index in [4.69, 9.17) is 4.74 Å². The van der Waals surface area contributed by atoms with Crippen molar-refractivity contribution in [2.45, 2.75) is 0 Å². The lowest BCUT2D eigenvalue weighted by atomic mass is 10.0. The molecule has 0 aliphatic rings. The van der Waals surface area contributed by atoms with Crippen LogP contribution in [0.4, 0.5) is 0 Å². The van der Waals surface area contributed by atoms with Gasteiger partial charge in [-0.15, -0.1) is 0 Å². The Morgan fingerprint density at radius 1 is 0.520 bits per heavy atom. The Morgan fingerprint density at radius 2 is 1.16 bits per heavy atom. The summed E-state index contributed by atoms with van der Waals surface area (Å²) in [6, 6.07) is 31.0. The topological polar surface area (TPSA) is 22.1 Å². The molecule has 0 saturated carbocycles. The smallest absolute Gasteiger partial charge is 0.219 e. The van der Waals surface area contributed by atoms with E-state index in [1.807, 2.05) is 42.5 Å². The maximum Gasteiger partial charge on any atom is 0.219 e. The SMILES string of the molecule is c1ccc2cc3cc(Oc4ccc5ccccc5n4)ccc3cc2c1. The molecule has 0 aliphatic carbocycles. The van der Waals surface area contributed by atoms with Gasteiger partial charge in [0.05, 0.1) is 5.52 Å². The molecule has 4 aromatic carbocycles. The van der Waals surface area contributed by atoms with Gasteiger partial charge in [-0.3, -0.25) is 0 Å². The summed E-state index contributed by atoms with van der Waals surface area (Å²) in [5.41, 5.74) is 0.937. The Bertz CT molecular complexity index is 1230. The molecule has 5 aromatic rings. The number of hydrogen-bond acceptors (Lipinski definition) is 2. The minimum Gasteiger partial charge on any atom is -0.439 e. The molecular formula is C23H15NO. The largest absolute Gasteiger partial charge is 0.439 e. The molecular weight excluding hydrogens is 306 g/mol. The van der Waals surface area contributed by atoms with Gasteiger partial charge >= 0.3 is 0 Å². The number of aromatic nitrogens is 1. The van der Waals surface area contributed by atoms with Crippen LogP contribution >= 0.6 is 0 Å². The van der Waals surface area contributed by atoms with Gasteiger partial charge in [0.1, 0.15) is 5.75 Å². The van der Waals surface area contributed by atoms with Crippen LogP contribution < -0.4 is 4.74 Å². The third-order valence-electron chi connectivity index (χ3n) is 4.47. The summed E-state index contributed by atoms with van der Waals surface area (Å²) in [5, 5.41) is 5.96. The Morgan fingerprint density at radius 3 is 2.00 bits per heavy atom. The monoisotopic (exact) mass is 321 g/mol. The van der Waals surface area contributed by atoms with E-state index in [-0.39, 0.29) is 0 Å². The van der Waals surface area contributed by atoms with Crippen LogP contribution in [0.25, 0.3) is 32.4 Å². The third-order valence-corrected chi connectivity index (χ3v) is 4.47. The molecule has 1 aromatic heterocycles. The summed E-state index contributed by atoms with van der Waals surface area (Å²) >= 11 is 0. The molecule has 0 saturated heterocycles. The second-order valence-electron chi connectivity index (χ2n) is 6.15. The van der Waals surface area contributed by atoms with E-state index in [0.29, 0.717) is 5.88 Å². The molecule has 0 amide bonds. The second kappa shape index (κ2) is 5.60. The predicted molar refractivity (Wildman–Crippen MR) is 103 cm³/mol. The highest BCUT2D eigenvalue weighted by atomic mass is 16.5. The van der Waals surface area contributed by atoms with Crippen molar-refractivity contribution in [1.29, 1.82) is 0 Å². The normalized spacial score (nSPS) is 11.2. The molecule has 0 unspecified atom stereocenters. The van der Waals surface area contributed by atoms with Crippen molar-refractivity contribution in [2.24, 2.45) is 0 Å². The van der Waals surface area contributed by atoms with E-state index < -0.39 is 0 Å². The molecule has 1 heterocycles. The number of rotatable bonds is 2. The third kappa shape index (κ3) is 2.58. The number of ether oxygens (including phenoxy) is 1. The van der Waals surface area contributed by atoms with E-state index in [1.54, 1.807) is 0 Å². The fourth-order valence-corrected chi connectivity index (χ4v) is 3.21. The minimum atomic E-state index is 0.610. The summed E-state index contributed by atoms with van der Waals surface area (Å²) in [6.07, 6.45) is 0. The number of hydrogen-bond donors (Lipinski definition) is 0. The first-order chi connectivity index (χ1) is 12.3. The summed E-state index contributed by atoms with van der Waals surface area (Å²) in [7, 11) is 0. The molecule has 25 heavy (non-hydrogen) atoms. The molecule has 0 fully saturated rings. The zero-order chi connectivity index (χ0) is 16.6. The summed E-state index contributed by atoms with van der Waals surface area (Å²) < 4.78 is 6.00. The van der Waals surface area contributed by atoms with E-state index in [9.17, 15) is 0 Å². The molecule has 0 aliphatic heterocycles. The van der Waals surface area contributed by atoms with Crippen molar-refractivity contribution in [2.75, 3.05) is 0 Å². The van der Waals surface area contributed by atoms with Crippen molar-refractivity contribution in [3.05, 3.63) is 91.0 Å². The van der Waals surface area contributed by atoms with Crippen LogP contribution in [0.15, 0.2) is 91.0 Å². The van der Waals surface area contributed by atoms with Crippen molar-refractivity contribution in [1.82, 2.24) is 4.98 Å². The maximum atomic E-state index is 6.00. The number of fused-ring (bicyclic) bond motifs is 3. The molecule has 0 radical (unpaired) electrons. The fraction of sp³-hybridized carbons (Fsp3) is 0. The van der Waals surface area contributed by atoms with Gasteiger partial charge < -0.3 is 4.74 Å². The average Bonchev–Trinajstić information content (AvgIpc) is 2.66. The van der Waals surface area contributed by atoms with Crippen LogP contribution in [0.3, 0.4) is 0 Å². The number of nitrogens with zero attached hydrogens (tertiary/aromatic N) is 1. The number of benzene rings is 4. The molecule has 2 nitrogen and oxygen atoms in total. The Labute approximate surface area is 145 Å². The highest BCUT2D eigenvalue weighted by Gasteiger charge is 2.04. The van der Waals surface area contributed by atoms with Crippen LogP contribution in [-0.4, -0.2) is 4.98 Å². The van der Waals surface area contributed by atoms with Crippen LogP contribution in [0, 0.1) is 0 Å². The molecule has 118 valence electrons. The fourth-order valence-electron chi connectivity index (χ4n) is 3.21. The highest BCUT2D eigenvalue weighted by Crippen LogP contribution is 2.29. The number of pyridine rings is 1. The Hall–Kier alpha value is -3.39. The van der Waals surface area contributed by atoms with Crippen LogP contribution in [0.5, 0.6) is 11.6 Å². The van der Waals surface area contributed by atoms with Gasteiger partial charge in [-0.05, 0) is 57.9 Å². The molecule has 2 heteroatoms. The van der Waals surface area contributed by atoms with Gasteiger partial charge in [0.15, 0.2) is 0 Å². The lowest BCUT2D eigenvalue weighted by Crippen LogP contribution is -1.88. The van der Waals surface area contributed by atoms with Gasteiger partial charge in [0.25, 0.3) is 0 Å². The average molecular weight is 321 g/mol. The standard InChI is InChI=1S/C23H15NO/c1-2-7-18-14-20-15-21(11-9-19(20)13-17(18)6-1)25-23-12-10-16-5-3-4-8-22(16)24-23/h1-15H. The van der Waals surface area contributed by atoms with E-state index >= 15 is 0 Å². The lowest BCUT2D eigenvalue weighted by Gasteiger charge is -2.08. The zero-order valence-electron chi connectivity index (χ0n) is 13.5. The van der Waals surface area contributed by atoms with Crippen molar-refractivity contribution < 1.29 is 4.74 Å². The summed E-state index contributed by atoms with van der Waals surface area (Å²) in [4.78, 5) is 4.58. The second-order valence-corrected chi connectivity index (χ2v) is 6.15. The van der Waals surface area contributed by atoms with E-state index in [0.717, 1.165) is 22.0 Å². The van der Waals surface area contributed by atoms with E-state index in [2.05, 4.69) is 53.5 Å². The predicted octanol–water partition coefficient (Wildman–Crippen LogP) is 6.33. The van der Waals surface area contributed by atoms with Crippen LogP contribution in [-0.2, 0) is 0 Å². The minimum absolute atomic E-state index is 0.610. The van der Waals surface area contributed by atoms with Crippen LogP contribution in [0.2, 0.25) is 0 Å². The molecule has 5 rings (SSSR count). The van der Waals surface area contributed by atoms with Crippen LogP contribution in [0.1, 0.15) is 0 Å². The Kier molecular flexibility index (Phi) is 3.14. The first kappa shape index (κ1) is 14.0. The van der Waals surface area contributed by atoms with Crippen molar-refractivity contribution in [3.8, 4) is 11.6 Å². The van der Waals surface area contributed by atoms with Gasteiger partial charge in [-0.25, -0.2) is 4.98 Å². The Balaban J connectivity index is 1.56. The quantitative estimate of drug-likeness (QED) is 0.354. The van der Waals surface area contributed by atoms with Gasteiger partial charge in [-0.2, -0.15) is 0 Å². The summed E-state index contributed by atoms with van der Waals surface area (Å²) in [5.74, 6) is 1.41. The molecule has 0 atom stereocenters. The molecule has 0 spiro atoms. The summed E-state index contributed by atoms with van der Waals surface area (Å²) in [6.45, 7) is 0.